The van der Waals surface area contributed by atoms with E-state index in [4.69, 9.17) is 15.9 Å². The highest BCUT2D eigenvalue weighted by atomic mass is 16.5. The Hall–Kier alpha value is -4.57. The maximum Gasteiger partial charge on any atom is 0.322 e. The van der Waals surface area contributed by atoms with Gasteiger partial charge in [0, 0.05) is 19.1 Å². The number of carbonyl (C=O) groups excluding carboxylic acids is 3. The minimum atomic E-state index is -1.04. The van der Waals surface area contributed by atoms with Crippen molar-refractivity contribution in [3.63, 3.8) is 0 Å². The van der Waals surface area contributed by atoms with E-state index in [1.807, 2.05) is 71.6 Å². The van der Waals surface area contributed by atoms with Crippen LogP contribution < -0.4 is 10.1 Å². The predicted molar refractivity (Wildman–Crippen MR) is 155 cm³/mol. The molecule has 1 aliphatic heterocycles. The summed E-state index contributed by atoms with van der Waals surface area (Å²) in [4.78, 5) is 42.3. The van der Waals surface area contributed by atoms with Crippen molar-refractivity contribution in [1.29, 1.82) is 0 Å². The predicted octanol–water partition coefficient (Wildman–Crippen LogP) is 4.46. The molecule has 0 bridgehead atoms. The summed E-state index contributed by atoms with van der Waals surface area (Å²) in [6.07, 6.45) is 7.65. The van der Waals surface area contributed by atoms with E-state index in [9.17, 15) is 14.4 Å². The van der Waals surface area contributed by atoms with Crippen LogP contribution in [0.2, 0.25) is 0 Å². The molecule has 2 aliphatic rings. The van der Waals surface area contributed by atoms with Gasteiger partial charge in [0.2, 0.25) is 5.91 Å². The van der Waals surface area contributed by atoms with Gasteiger partial charge in [0.25, 0.3) is 5.91 Å². The molecule has 210 valence electrons. The molecule has 2 unspecified atom stereocenters. The molecule has 1 fully saturated rings. The molecule has 1 saturated heterocycles. The quantitative estimate of drug-likeness (QED) is 0.347. The Kier molecular flexibility index (Phi) is 8.39. The normalized spacial score (nSPS) is 20.3. The number of terminal acetylenes is 1. The van der Waals surface area contributed by atoms with Crippen LogP contribution in [0.4, 0.5) is 0 Å². The van der Waals surface area contributed by atoms with E-state index in [2.05, 4.69) is 11.2 Å². The molecule has 0 aromatic heterocycles. The number of nitrogens with zero attached hydrogens (tertiary/aromatic N) is 1. The average Bonchev–Trinajstić information content (AvgIpc) is 3.03. The number of ether oxygens (including phenoxy) is 2. The molecule has 1 N–H and O–H groups in total. The lowest BCUT2D eigenvalue weighted by atomic mass is 9.63. The van der Waals surface area contributed by atoms with Crippen molar-refractivity contribution in [1.82, 2.24) is 10.2 Å². The first-order chi connectivity index (χ1) is 20.0. The summed E-state index contributed by atoms with van der Waals surface area (Å²) < 4.78 is 10.9. The fourth-order valence-corrected chi connectivity index (χ4v) is 6.24. The van der Waals surface area contributed by atoms with Crippen LogP contribution in [-0.2, 0) is 19.7 Å². The van der Waals surface area contributed by atoms with Crippen LogP contribution in [0.5, 0.6) is 5.75 Å². The number of para-hydroxylation sites is 1. The largest absolute Gasteiger partial charge is 0.496 e. The Bertz CT molecular complexity index is 1460. The SMILES string of the molecule is C#CCOC(=O)C1(c2ccccc2)CCC(C(=O)N2CCC(NC(=O)c3ccccc3OC)CC2)c2ccccc21. The Balaban J connectivity index is 1.33. The number of methoxy groups -OCH3 is 1. The van der Waals surface area contributed by atoms with Crippen LogP contribution in [0.3, 0.4) is 0 Å². The van der Waals surface area contributed by atoms with Crippen LogP contribution in [0.15, 0.2) is 78.9 Å². The molecule has 3 aromatic rings. The monoisotopic (exact) mass is 550 g/mol. The minimum Gasteiger partial charge on any atom is -0.496 e. The highest BCUT2D eigenvalue weighted by Crippen LogP contribution is 2.48. The van der Waals surface area contributed by atoms with Crippen LogP contribution in [0.1, 0.15) is 58.6 Å². The number of likely N-dealkylation sites (tertiary alicyclic amines) is 1. The van der Waals surface area contributed by atoms with Crippen molar-refractivity contribution in [3.8, 4) is 18.1 Å². The number of carbonyl (C=O) groups is 3. The molecule has 0 spiro atoms. The van der Waals surface area contributed by atoms with E-state index in [1.165, 1.54) is 0 Å². The van der Waals surface area contributed by atoms with Crippen LogP contribution in [0, 0.1) is 12.3 Å². The number of esters is 1. The molecule has 2 atom stereocenters. The first-order valence-electron chi connectivity index (χ1n) is 14.0. The molecule has 2 amide bonds. The van der Waals surface area contributed by atoms with Gasteiger partial charge in [-0.25, -0.2) is 0 Å². The summed E-state index contributed by atoms with van der Waals surface area (Å²) in [5.41, 5.74) is 1.91. The third-order valence-corrected chi connectivity index (χ3v) is 8.30. The van der Waals surface area contributed by atoms with Gasteiger partial charge in [0.05, 0.1) is 18.6 Å². The van der Waals surface area contributed by atoms with E-state index < -0.39 is 11.4 Å². The van der Waals surface area contributed by atoms with E-state index in [0.717, 1.165) is 16.7 Å². The van der Waals surface area contributed by atoms with Crippen LogP contribution in [0.25, 0.3) is 0 Å². The number of piperidine rings is 1. The van der Waals surface area contributed by atoms with Gasteiger partial charge in [0.15, 0.2) is 6.61 Å². The number of hydrogen-bond donors (Lipinski definition) is 1. The number of amides is 2. The van der Waals surface area contributed by atoms with Crippen LogP contribution in [-0.4, -0.2) is 55.5 Å². The van der Waals surface area contributed by atoms with Gasteiger partial charge in [-0.05, 0) is 54.5 Å². The summed E-state index contributed by atoms with van der Waals surface area (Å²) in [5.74, 6) is 2.02. The highest BCUT2D eigenvalue weighted by molar-refractivity contribution is 5.97. The van der Waals surface area contributed by atoms with Gasteiger partial charge in [-0.3, -0.25) is 14.4 Å². The summed E-state index contributed by atoms with van der Waals surface area (Å²) in [6.45, 7) is 0.977. The maximum atomic E-state index is 13.9. The second-order valence-corrected chi connectivity index (χ2v) is 10.5. The lowest BCUT2D eigenvalue weighted by Crippen LogP contribution is -2.49. The van der Waals surface area contributed by atoms with Crippen molar-refractivity contribution in [2.75, 3.05) is 26.8 Å². The summed E-state index contributed by atoms with van der Waals surface area (Å²) in [5, 5.41) is 3.10. The molecule has 7 nitrogen and oxygen atoms in total. The first-order valence-corrected chi connectivity index (χ1v) is 14.0. The average molecular weight is 551 g/mol. The standard InChI is InChI=1S/C34H34N2O5/c1-3-23-41-33(39)34(24-11-5-4-6-12-24)20-17-27(26-13-7-9-15-29(26)34)32(38)36-21-18-25(19-22-36)35-31(37)28-14-8-10-16-30(28)40-2/h1,4-16,25,27H,17-23H2,2H3,(H,35,37). The van der Waals surface area contributed by atoms with Crippen molar-refractivity contribution in [2.45, 2.75) is 43.1 Å². The molecule has 5 rings (SSSR count). The Morgan fingerprint density at radius 2 is 1.63 bits per heavy atom. The number of nitrogens with one attached hydrogen (secondary N) is 1. The van der Waals surface area contributed by atoms with Crippen molar-refractivity contribution in [2.24, 2.45) is 0 Å². The van der Waals surface area contributed by atoms with E-state index in [0.29, 0.717) is 50.1 Å². The summed E-state index contributed by atoms with van der Waals surface area (Å²) >= 11 is 0. The van der Waals surface area contributed by atoms with Gasteiger partial charge < -0.3 is 19.7 Å². The zero-order valence-electron chi connectivity index (χ0n) is 23.2. The summed E-state index contributed by atoms with van der Waals surface area (Å²) in [6, 6.07) is 24.4. The maximum absolute atomic E-state index is 13.9. The van der Waals surface area contributed by atoms with Gasteiger partial charge in [-0.1, -0.05) is 72.7 Å². The topological polar surface area (TPSA) is 84.9 Å². The second kappa shape index (κ2) is 12.3. The molecular formula is C34H34N2O5. The molecular weight excluding hydrogens is 516 g/mol. The van der Waals surface area contributed by atoms with Gasteiger partial charge in [-0.2, -0.15) is 0 Å². The lowest BCUT2D eigenvalue weighted by molar-refractivity contribution is -0.148. The Morgan fingerprint density at radius 3 is 2.37 bits per heavy atom. The number of rotatable bonds is 7. The lowest BCUT2D eigenvalue weighted by Gasteiger charge is -2.42. The third-order valence-electron chi connectivity index (χ3n) is 8.30. The molecule has 0 radical (unpaired) electrons. The fourth-order valence-electron chi connectivity index (χ4n) is 6.24. The van der Waals surface area contributed by atoms with Gasteiger partial charge >= 0.3 is 5.97 Å². The molecule has 3 aromatic carbocycles. The molecule has 0 saturated carbocycles. The second-order valence-electron chi connectivity index (χ2n) is 10.5. The Morgan fingerprint density at radius 1 is 0.951 bits per heavy atom. The van der Waals surface area contributed by atoms with Crippen molar-refractivity contribution in [3.05, 3.63) is 101 Å². The number of hydrogen-bond acceptors (Lipinski definition) is 5. The van der Waals surface area contributed by atoms with E-state index in [-0.39, 0.29) is 30.4 Å². The van der Waals surface area contributed by atoms with Crippen LogP contribution >= 0.6 is 0 Å². The summed E-state index contributed by atoms with van der Waals surface area (Å²) in [7, 11) is 1.55. The fraction of sp³-hybridized carbons (Fsp3) is 0.324. The molecule has 41 heavy (non-hydrogen) atoms. The smallest absolute Gasteiger partial charge is 0.322 e. The number of benzene rings is 3. The minimum absolute atomic E-state index is 0.0354. The third kappa shape index (κ3) is 5.43. The van der Waals surface area contributed by atoms with Gasteiger partial charge in [0.1, 0.15) is 11.2 Å². The molecule has 1 aliphatic carbocycles. The van der Waals surface area contributed by atoms with E-state index >= 15 is 0 Å². The first kappa shape index (κ1) is 28.0. The molecule has 7 heteroatoms. The van der Waals surface area contributed by atoms with Gasteiger partial charge in [-0.15, -0.1) is 6.42 Å². The number of fused-ring (bicyclic) bond motifs is 1. The zero-order valence-corrected chi connectivity index (χ0v) is 23.2. The highest BCUT2D eigenvalue weighted by Gasteiger charge is 2.50. The molecule has 1 heterocycles. The van der Waals surface area contributed by atoms with Crippen molar-refractivity contribution >= 4 is 17.8 Å². The Labute approximate surface area is 240 Å². The van der Waals surface area contributed by atoms with E-state index in [1.54, 1.807) is 19.2 Å². The van der Waals surface area contributed by atoms with Crippen molar-refractivity contribution < 1.29 is 23.9 Å². The zero-order chi connectivity index (χ0) is 28.8.